The van der Waals surface area contributed by atoms with Gasteiger partial charge in [-0.25, -0.2) is 0 Å². The van der Waals surface area contributed by atoms with E-state index in [2.05, 4.69) is 11.8 Å². The van der Waals surface area contributed by atoms with E-state index in [4.69, 9.17) is 4.74 Å². The Bertz CT molecular complexity index is 490. The van der Waals surface area contributed by atoms with Crippen LogP contribution in [0.5, 0.6) is 11.5 Å². The third kappa shape index (κ3) is 3.25. The lowest BCUT2D eigenvalue weighted by Gasteiger charge is -2.13. The van der Waals surface area contributed by atoms with Gasteiger partial charge in [0, 0.05) is 6.07 Å². The molecule has 0 radical (unpaired) electrons. The number of carbonyl (C=O) groups is 1. The Morgan fingerprint density at radius 1 is 1.41 bits per heavy atom. The number of phenols is 1. The summed E-state index contributed by atoms with van der Waals surface area (Å²) in [5, 5.41) is 9.76. The van der Waals surface area contributed by atoms with Crippen molar-refractivity contribution >= 4 is 5.78 Å². The zero-order chi connectivity index (χ0) is 13.0. The third-order valence-corrected chi connectivity index (χ3v) is 2.14. The van der Waals surface area contributed by atoms with Crippen LogP contribution in [0.15, 0.2) is 12.1 Å². The van der Waals surface area contributed by atoms with Crippen LogP contribution in [0.3, 0.4) is 0 Å². The molecule has 3 nitrogen and oxygen atoms in total. The number of Topliss-reactive ketones (excluding diaryl/α,β-unsaturated/α-hetero) is 1. The second-order valence-electron chi connectivity index (χ2n) is 4.01. The maximum absolute atomic E-state index is 11.6. The summed E-state index contributed by atoms with van der Waals surface area (Å²) in [6.45, 7) is 7.21. The van der Waals surface area contributed by atoms with Gasteiger partial charge in [-0.1, -0.05) is 5.92 Å². The summed E-state index contributed by atoms with van der Waals surface area (Å²) in [6.07, 6.45) is 0.0186. The fourth-order valence-corrected chi connectivity index (χ4v) is 1.42. The van der Waals surface area contributed by atoms with E-state index >= 15 is 0 Å². The summed E-state index contributed by atoms with van der Waals surface area (Å²) in [6, 6.07) is 3.06. The zero-order valence-corrected chi connectivity index (χ0v) is 10.5. The number of ketones is 1. The topological polar surface area (TPSA) is 46.5 Å². The first-order chi connectivity index (χ1) is 7.95. The average Bonchev–Trinajstić information content (AvgIpc) is 2.22. The molecule has 0 aliphatic heterocycles. The Morgan fingerprint density at radius 2 is 2.06 bits per heavy atom. The van der Waals surface area contributed by atoms with Crippen molar-refractivity contribution in [3.05, 3.63) is 23.3 Å². The summed E-state index contributed by atoms with van der Waals surface area (Å²) in [4.78, 5) is 11.6. The van der Waals surface area contributed by atoms with Crippen LogP contribution in [-0.4, -0.2) is 17.0 Å². The molecule has 0 aromatic heterocycles. The van der Waals surface area contributed by atoms with Gasteiger partial charge in [0.1, 0.15) is 11.5 Å². The molecule has 0 unspecified atom stereocenters. The monoisotopic (exact) mass is 232 g/mol. The van der Waals surface area contributed by atoms with Gasteiger partial charge in [-0.3, -0.25) is 4.79 Å². The molecule has 3 heteroatoms. The number of rotatable bonds is 3. The van der Waals surface area contributed by atoms with Gasteiger partial charge in [0.15, 0.2) is 0 Å². The van der Waals surface area contributed by atoms with Crippen LogP contribution in [0.25, 0.3) is 0 Å². The highest BCUT2D eigenvalue weighted by molar-refractivity contribution is 6.10. The number of hydrogen-bond acceptors (Lipinski definition) is 3. The maximum atomic E-state index is 11.6. The van der Waals surface area contributed by atoms with Crippen LogP contribution in [0.4, 0.5) is 0 Å². The Balaban J connectivity index is 3.16. The molecule has 0 aliphatic rings. The molecular weight excluding hydrogens is 216 g/mol. The molecule has 1 aromatic rings. The first-order valence-corrected chi connectivity index (χ1v) is 5.43. The van der Waals surface area contributed by atoms with E-state index < -0.39 is 0 Å². The van der Waals surface area contributed by atoms with Gasteiger partial charge in [-0.05, 0) is 45.2 Å². The highest BCUT2D eigenvalue weighted by Gasteiger charge is 2.13. The van der Waals surface area contributed by atoms with Crippen LogP contribution < -0.4 is 4.74 Å². The second-order valence-corrected chi connectivity index (χ2v) is 4.01. The molecule has 1 N–H and O–H groups in total. The van der Waals surface area contributed by atoms with E-state index in [1.54, 1.807) is 13.0 Å². The highest BCUT2D eigenvalue weighted by Crippen LogP contribution is 2.28. The van der Waals surface area contributed by atoms with Crippen LogP contribution >= 0.6 is 0 Å². The van der Waals surface area contributed by atoms with E-state index in [-0.39, 0.29) is 23.2 Å². The van der Waals surface area contributed by atoms with Crippen molar-refractivity contribution in [2.24, 2.45) is 0 Å². The highest BCUT2D eigenvalue weighted by atomic mass is 16.5. The SMILES string of the molecule is CC#CC(=O)c1cc(C)c(OC(C)C)cc1O. The van der Waals surface area contributed by atoms with Crippen molar-refractivity contribution in [2.45, 2.75) is 33.8 Å². The molecule has 0 aliphatic carbocycles. The van der Waals surface area contributed by atoms with E-state index in [0.717, 1.165) is 5.56 Å². The van der Waals surface area contributed by atoms with Crippen LogP contribution in [0.1, 0.15) is 36.7 Å². The second kappa shape index (κ2) is 5.40. The van der Waals surface area contributed by atoms with E-state index in [0.29, 0.717) is 5.75 Å². The Kier molecular flexibility index (Phi) is 4.17. The molecule has 90 valence electrons. The molecule has 0 saturated carbocycles. The summed E-state index contributed by atoms with van der Waals surface area (Å²) in [5.74, 6) is 5.02. The fraction of sp³-hybridized carbons (Fsp3) is 0.357. The first-order valence-electron chi connectivity index (χ1n) is 5.43. The molecule has 0 heterocycles. The number of ether oxygens (including phenoxy) is 1. The molecule has 0 fully saturated rings. The van der Waals surface area contributed by atoms with Gasteiger partial charge in [-0.15, -0.1) is 0 Å². The molecule has 0 amide bonds. The lowest BCUT2D eigenvalue weighted by atomic mass is 10.1. The Labute approximate surface area is 101 Å². The number of benzene rings is 1. The third-order valence-electron chi connectivity index (χ3n) is 2.14. The van der Waals surface area contributed by atoms with E-state index in [9.17, 15) is 9.90 Å². The van der Waals surface area contributed by atoms with Gasteiger partial charge >= 0.3 is 0 Å². The largest absolute Gasteiger partial charge is 0.507 e. The minimum absolute atomic E-state index is 0.0186. The molecule has 0 atom stereocenters. The minimum Gasteiger partial charge on any atom is -0.507 e. The zero-order valence-electron chi connectivity index (χ0n) is 10.5. The molecule has 17 heavy (non-hydrogen) atoms. The lowest BCUT2D eigenvalue weighted by Crippen LogP contribution is -2.07. The van der Waals surface area contributed by atoms with E-state index in [1.165, 1.54) is 6.07 Å². The standard InChI is InChI=1S/C14H16O3/c1-5-6-12(15)11-7-10(4)14(8-13(11)16)17-9(2)3/h7-9,16H,1-4H3. The molecule has 1 aromatic carbocycles. The normalized spacial score (nSPS) is 9.71. The van der Waals surface area contributed by atoms with E-state index in [1.807, 2.05) is 20.8 Å². The van der Waals surface area contributed by atoms with Crippen molar-refractivity contribution in [3.63, 3.8) is 0 Å². The lowest BCUT2D eigenvalue weighted by molar-refractivity contribution is 0.105. The van der Waals surface area contributed by atoms with Crippen molar-refractivity contribution in [2.75, 3.05) is 0 Å². The van der Waals surface area contributed by atoms with Crippen molar-refractivity contribution in [3.8, 4) is 23.3 Å². The number of phenolic OH excluding ortho intramolecular Hbond substituents is 1. The molecular formula is C14H16O3. The quantitative estimate of drug-likeness (QED) is 0.495. The predicted octanol–water partition coefficient (Wildman–Crippen LogP) is 2.69. The number of aromatic hydroxyl groups is 1. The van der Waals surface area contributed by atoms with Crippen LogP contribution in [0, 0.1) is 18.8 Å². The summed E-state index contributed by atoms with van der Waals surface area (Å²) < 4.78 is 5.51. The predicted molar refractivity (Wildman–Crippen MR) is 66.4 cm³/mol. The molecule has 0 bridgehead atoms. The first kappa shape index (κ1) is 13.1. The van der Waals surface area contributed by atoms with Crippen LogP contribution in [-0.2, 0) is 0 Å². The average molecular weight is 232 g/mol. The van der Waals surface area contributed by atoms with Gasteiger partial charge < -0.3 is 9.84 Å². The fourth-order valence-electron chi connectivity index (χ4n) is 1.42. The van der Waals surface area contributed by atoms with Gasteiger partial charge in [0.05, 0.1) is 11.7 Å². The number of carbonyl (C=O) groups excluding carboxylic acids is 1. The number of hydrogen-bond donors (Lipinski definition) is 1. The Morgan fingerprint density at radius 3 is 2.59 bits per heavy atom. The molecule has 0 saturated heterocycles. The Hall–Kier alpha value is -1.95. The minimum atomic E-state index is -0.385. The van der Waals surface area contributed by atoms with Crippen molar-refractivity contribution in [1.82, 2.24) is 0 Å². The summed E-state index contributed by atoms with van der Waals surface area (Å²) >= 11 is 0. The van der Waals surface area contributed by atoms with Gasteiger partial charge in [0.2, 0.25) is 5.78 Å². The number of aryl methyl sites for hydroxylation is 1. The van der Waals surface area contributed by atoms with Gasteiger partial charge in [0.25, 0.3) is 0 Å². The van der Waals surface area contributed by atoms with Crippen molar-refractivity contribution in [1.29, 1.82) is 0 Å². The van der Waals surface area contributed by atoms with Gasteiger partial charge in [-0.2, -0.15) is 0 Å². The van der Waals surface area contributed by atoms with Crippen LogP contribution in [0.2, 0.25) is 0 Å². The summed E-state index contributed by atoms with van der Waals surface area (Å²) in [7, 11) is 0. The molecule has 0 spiro atoms. The maximum Gasteiger partial charge on any atom is 0.239 e. The smallest absolute Gasteiger partial charge is 0.239 e. The summed E-state index contributed by atoms with van der Waals surface area (Å²) in [5.41, 5.74) is 1.02. The van der Waals surface area contributed by atoms with Crippen molar-refractivity contribution < 1.29 is 14.6 Å². The molecule has 1 rings (SSSR count).